The number of carbonyl (C=O) groups excluding carboxylic acids is 2. The summed E-state index contributed by atoms with van der Waals surface area (Å²) in [7, 11) is -0.173. The summed E-state index contributed by atoms with van der Waals surface area (Å²) in [4.78, 5) is 26.4. The molecule has 2 amide bonds. The number of carbonyl (C=O) groups is 2. The highest BCUT2D eigenvalue weighted by molar-refractivity contribution is 6.70. The lowest BCUT2D eigenvalue weighted by molar-refractivity contribution is -0.164. The third-order valence-corrected chi connectivity index (χ3v) is 6.18. The SMILES string of the molecule is CN1C(=O)[C@H]2[C@H](CC(O[Si](C)(C)C)=C[C@H]2CCOC2CCCCO2)C1=O. The predicted molar refractivity (Wildman–Crippen MR) is 99.5 cm³/mol. The number of imide groups is 1. The average Bonchev–Trinajstić information content (AvgIpc) is 2.79. The molecule has 0 radical (unpaired) electrons. The van der Waals surface area contributed by atoms with E-state index in [4.69, 9.17) is 13.9 Å². The van der Waals surface area contributed by atoms with Crippen LogP contribution in [0.15, 0.2) is 11.8 Å². The lowest BCUT2D eigenvalue weighted by atomic mass is 9.75. The Bertz CT molecular complexity index is 579. The summed E-state index contributed by atoms with van der Waals surface area (Å²) >= 11 is 0. The Labute approximate surface area is 157 Å². The first-order valence-corrected chi connectivity index (χ1v) is 13.1. The van der Waals surface area contributed by atoms with E-state index in [1.165, 1.54) is 4.90 Å². The van der Waals surface area contributed by atoms with Crippen LogP contribution in [0.3, 0.4) is 0 Å². The van der Waals surface area contributed by atoms with Crippen molar-refractivity contribution in [2.45, 2.75) is 58.0 Å². The summed E-state index contributed by atoms with van der Waals surface area (Å²) in [6.07, 6.45) is 6.33. The number of allylic oxidation sites excluding steroid dienone is 2. The topological polar surface area (TPSA) is 65.1 Å². The monoisotopic (exact) mass is 381 g/mol. The van der Waals surface area contributed by atoms with Crippen LogP contribution in [-0.2, 0) is 23.5 Å². The summed E-state index contributed by atoms with van der Waals surface area (Å²) in [6.45, 7) is 7.68. The van der Waals surface area contributed by atoms with Crippen molar-refractivity contribution in [2.75, 3.05) is 20.3 Å². The zero-order valence-corrected chi connectivity index (χ0v) is 17.3. The van der Waals surface area contributed by atoms with Crippen molar-refractivity contribution < 1.29 is 23.5 Å². The number of ether oxygens (including phenoxy) is 2. The molecule has 0 bridgehead atoms. The zero-order chi connectivity index (χ0) is 18.9. The van der Waals surface area contributed by atoms with Gasteiger partial charge in [-0.15, -0.1) is 0 Å². The number of hydrogen-bond acceptors (Lipinski definition) is 5. The zero-order valence-electron chi connectivity index (χ0n) is 16.3. The van der Waals surface area contributed by atoms with Crippen molar-refractivity contribution in [3.63, 3.8) is 0 Å². The molecule has 0 spiro atoms. The van der Waals surface area contributed by atoms with Gasteiger partial charge in [0, 0.05) is 20.1 Å². The van der Waals surface area contributed by atoms with Crippen LogP contribution in [0.25, 0.3) is 0 Å². The molecular formula is C19H31NO5Si. The molecule has 26 heavy (non-hydrogen) atoms. The fourth-order valence-corrected chi connectivity index (χ4v) is 5.08. The van der Waals surface area contributed by atoms with E-state index >= 15 is 0 Å². The second-order valence-corrected chi connectivity index (χ2v) is 13.0. The minimum absolute atomic E-state index is 0.0231. The Morgan fingerprint density at radius 2 is 2.00 bits per heavy atom. The summed E-state index contributed by atoms with van der Waals surface area (Å²) in [5.41, 5.74) is 0. The van der Waals surface area contributed by atoms with Crippen molar-refractivity contribution in [2.24, 2.45) is 17.8 Å². The smallest absolute Gasteiger partial charge is 0.241 e. The molecule has 2 fully saturated rings. The van der Waals surface area contributed by atoms with Crippen LogP contribution >= 0.6 is 0 Å². The largest absolute Gasteiger partial charge is 0.548 e. The van der Waals surface area contributed by atoms with Gasteiger partial charge >= 0.3 is 0 Å². The summed E-state index contributed by atoms with van der Waals surface area (Å²) in [5.74, 6) is 0.136. The Morgan fingerprint density at radius 1 is 1.23 bits per heavy atom. The second-order valence-electron chi connectivity index (χ2n) is 8.54. The van der Waals surface area contributed by atoms with Gasteiger partial charge in [-0.2, -0.15) is 0 Å². The molecule has 0 saturated carbocycles. The maximum Gasteiger partial charge on any atom is 0.241 e. The molecule has 0 aromatic heterocycles. The summed E-state index contributed by atoms with van der Waals surface area (Å²) in [6, 6.07) is 0. The molecule has 4 atom stereocenters. The highest BCUT2D eigenvalue weighted by Crippen LogP contribution is 2.42. The molecule has 7 heteroatoms. The fraction of sp³-hybridized carbons (Fsp3) is 0.789. The minimum Gasteiger partial charge on any atom is -0.548 e. The van der Waals surface area contributed by atoms with Crippen molar-refractivity contribution >= 4 is 20.1 Å². The number of fused-ring (bicyclic) bond motifs is 1. The maximum atomic E-state index is 12.6. The van der Waals surface area contributed by atoms with Gasteiger partial charge in [0.05, 0.1) is 24.2 Å². The van der Waals surface area contributed by atoms with E-state index < -0.39 is 8.32 Å². The van der Waals surface area contributed by atoms with Gasteiger partial charge in [0.15, 0.2) is 6.29 Å². The molecule has 1 unspecified atom stereocenters. The van der Waals surface area contributed by atoms with Gasteiger partial charge in [-0.25, -0.2) is 0 Å². The van der Waals surface area contributed by atoms with Gasteiger partial charge in [0.25, 0.3) is 0 Å². The highest BCUT2D eigenvalue weighted by atomic mass is 28.4. The van der Waals surface area contributed by atoms with Crippen molar-refractivity contribution in [3.8, 4) is 0 Å². The molecule has 0 aromatic rings. The van der Waals surface area contributed by atoms with E-state index in [0.717, 1.165) is 31.6 Å². The summed E-state index contributed by atoms with van der Waals surface area (Å²) < 4.78 is 17.7. The number of amides is 2. The highest BCUT2D eigenvalue weighted by Gasteiger charge is 2.51. The third kappa shape index (κ3) is 4.38. The third-order valence-electron chi connectivity index (χ3n) is 5.31. The number of hydrogen-bond donors (Lipinski definition) is 0. The first-order chi connectivity index (χ1) is 12.3. The van der Waals surface area contributed by atoms with Gasteiger partial charge in [-0.1, -0.05) is 0 Å². The number of likely N-dealkylation sites (tertiary alicyclic amines) is 1. The van der Waals surface area contributed by atoms with Crippen LogP contribution in [-0.4, -0.2) is 51.6 Å². The number of nitrogens with zero attached hydrogens (tertiary/aromatic N) is 1. The van der Waals surface area contributed by atoms with Crippen LogP contribution < -0.4 is 0 Å². The Kier molecular flexibility index (Phi) is 5.89. The molecule has 3 aliphatic rings. The van der Waals surface area contributed by atoms with Crippen molar-refractivity contribution in [3.05, 3.63) is 11.8 Å². The maximum absolute atomic E-state index is 12.6. The molecule has 2 heterocycles. The quantitative estimate of drug-likeness (QED) is 0.523. The lowest BCUT2D eigenvalue weighted by Gasteiger charge is -2.33. The Hall–Kier alpha value is -1.18. The van der Waals surface area contributed by atoms with Gasteiger partial charge in [-0.05, 0) is 57.3 Å². The first-order valence-electron chi connectivity index (χ1n) is 9.70. The molecule has 0 N–H and O–H groups in total. The van der Waals surface area contributed by atoms with Crippen molar-refractivity contribution in [1.29, 1.82) is 0 Å². The molecule has 146 valence electrons. The first kappa shape index (κ1) is 19.6. The van der Waals surface area contributed by atoms with Crippen LogP contribution in [0.4, 0.5) is 0 Å². The van der Waals surface area contributed by atoms with Crippen LogP contribution in [0, 0.1) is 17.8 Å². The molecule has 6 nitrogen and oxygen atoms in total. The Morgan fingerprint density at radius 3 is 2.65 bits per heavy atom. The fourth-order valence-electron chi connectivity index (χ4n) is 4.14. The molecule has 0 aromatic carbocycles. The minimum atomic E-state index is -1.76. The summed E-state index contributed by atoms with van der Waals surface area (Å²) in [5, 5.41) is 0. The molecule has 1 aliphatic carbocycles. The van der Waals surface area contributed by atoms with E-state index in [-0.39, 0.29) is 35.9 Å². The van der Waals surface area contributed by atoms with Crippen LogP contribution in [0.1, 0.15) is 32.1 Å². The van der Waals surface area contributed by atoms with Crippen molar-refractivity contribution in [1.82, 2.24) is 4.90 Å². The Balaban J connectivity index is 1.69. The standard InChI is InChI=1S/C19H31NO5Si/c1-20-18(21)15-12-14(25-26(2,3)4)11-13(17(15)19(20)22)8-10-24-16-7-5-6-9-23-16/h11,13,15-17H,5-10,12H2,1-4H3/t13-,15+,16?,17-/m1/s1. The normalized spacial score (nSPS) is 32.5. The predicted octanol–water partition coefficient (Wildman–Crippen LogP) is 2.91. The molecule has 2 saturated heterocycles. The van der Waals surface area contributed by atoms with E-state index in [1.54, 1.807) is 7.05 Å². The van der Waals surface area contributed by atoms with E-state index in [2.05, 4.69) is 25.7 Å². The van der Waals surface area contributed by atoms with Crippen LogP contribution in [0.5, 0.6) is 0 Å². The van der Waals surface area contributed by atoms with Gasteiger partial charge in [0.1, 0.15) is 0 Å². The van der Waals surface area contributed by atoms with Gasteiger partial charge in [0.2, 0.25) is 20.1 Å². The molecule has 2 aliphatic heterocycles. The number of rotatable bonds is 6. The molecule has 3 rings (SSSR count). The van der Waals surface area contributed by atoms with Gasteiger partial charge < -0.3 is 13.9 Å². The van der Waals surface area contributed by atoms with E-state index in [1.807, 2.05) is 0 Å². The lowest BCUT2D eigenvalue weighted by Crippen LogP contribution is -2.34. The molecular weight excluding hydrogens is 350 g/mol. The average molecular weight is 382 g/mol. The van der Waals surface area contributed by atoms with E-state index in [9.17, 15) is 9.59 Å². The van der Waals surface area contributed by atoms with Crippen LogP contribution in [0.2, 0.25) is 19.6 Å². The second kappa shape index (κ2) is 7.82. The van der Waals surface area contributed by atoms with Gasteiger partial charge in [-0.3, -0.25) is 14.5 Å². The van der Waals surface area contributed by atoms with E-state index in [0.29, 0.717) is 19.4 Å².